The van der Waals surface area contributed by atoms with E-state index in [4.69, 9.17) is 11.6 Å². The van der Waals surface area contributed by atoms with Gasteiger partial charge in [0.15, 0.2) is 0 Å². The fraction of sp³-hybridized carbons (Fsp3) is 0.533. The van der Waals surface area contributed by atoms with Gasteiger partial charge >= 0.3 is 6.03 Å². The van der Waals surface area contributed by atoms with Gasteiger partial charge in [0.1, 0.15) is 0 Å². The van der Waals surface area contributed by atoms with E-state index in [9.17, 15) is 4.79 Å². The number of nitrogens with one attached hydrogen (secondary N) is 2. The van der Waals surface area contributed by atoms with Gasteiger partial charge in [0.25, 0.3) is 0 Å². The number of hydrogen-bond donors (Lipinski definition) is 2. The average Bonchev–Trinajstić information content (AvgIpc) is 2.30. The van der Waals surface area contributed by atoms with Crippen LogP contribution >= 0.6 is 11.6 Å². The van der Waals surface area contributed by atoms with E-state index >= 15 is 0 Å². The van der Waals surface area contributed by atoms with Crippen LogP contribution in [0.5, 0.6) is 0 Å². The number of carbonyl (C=O) groups is 1. The van der Waals surface area contributed by atoms with Gasteiger partial charge in [-0.25, -0.2) is 4.79 Å². The number of likely N-dealkylation sites (N-methyl/N-ethyl adjacent to an activating group) is 1. The van der Waals surface area contributed by atoms with E-state index in [2.05, 4.69) is 29.4 Å². The highest BCUT2D eigenvalue weighted by Gasteiger charge is 2.14. The Kier molecular flexibility index (Phi) is 6.82. The zero-order valence-electron chi connectivity index (χ0n) is 12.6. The molecule has 0 heterocycles. The Balaban J connectivity index is 2.54. The zero-order chi connectivity index (χ0) is 15.1. The quantitative estimate of drug-likeness (QED) is 0.845. The summed E-state index contributed by atoms with van der Waals surface area (Å²) in [7, 11) is 4.01. The molecule has 0 fully saturated rings. The summed E-state index contributed by atoms with van der Waals surface area (Å²) in [5.74, 6) is 0.538. The van der Waals surface area contributed by atoms with Crippen LogP contribution in [-0.4, -0.2) is 37.6 Å². The van der Waals surface area contributed by atoms with Gasteiger partial charge in [-0.2, -0.15) is 0 Å². The van der Waals surface area contributed by atoms with Crippen LogP contribution in [-0.2, 0) is 0 Å². The Hall–Kier alpha value is -1.26. The lowest BCUT2D eigenvalue weighted by Crippen LogP contribution is -2.44. The molecule has 0 aliphatic rings. The summed E-state index contributed by atoms with van der Waals surface area (Å²) < 4.78 is 0. The minimum absolute atomic E-state index is 0.136. The summed E-state index contributed by atoms with van der Waals surface area (Å²) in [5.41, 5.74) is 0.736. The lowest BCUT2D eigenvalue weighted by molar-refractivity contribution is 0.240. The Morgan fingerprint density at radius 3 is 2.35 bits per heavy atom. The predicted octanol–water partition coefficient (Wildman–Crippen LogP) is 3.44. The number of amides is 2. The van der Waals surface area contributed by atoms with E-state index in [0.717, 1.165) is 18.7 Å². The van der Waals surface area contributed by atoms with Crippen molar-refractivity contribution in [3.05, 3.63) is 29.3 Å². The minimum Gasteiger partial charge on any atom is -0.334 e. The molecule has 5 heteroatoms. The molecule has 1 aromatic rings. The first kappa shape index (κ1) is 16.8. The third-order valence-electron chi connectivity index (χ3n) is 2.78. The molecular weight excluding hydrogens is 274 g/mol. The number of nitrogens with zero attached hydrogens (tertiary/aromatic N) is 1. The van der Waals surface area contributed by atoms with Gasteiger partial charge < -0.3 is 15.5 Å². The van der Waals surface area contributed by atoms with Crippen molar-refractivity contribution < 1.29 is 4.79 Å². The lowest BCUT2D eigenvalue weighted by Gasteiger charge is -2.24. The van der Waals surface area contributed by atoms with Crippen molar-refractivity contribution in [2.45, 2.75) is 26.3 Å². The van der Waals surface area contributed by atoms with Crippen LogP contribution < -0.4 is 10.6 Å². The van der Waals surface area contributed by atoms with Gasteiger partial charge in [-0.3, -0.25) is 0 Å². The molecule has 0 aliphatic heterocycles. The Morgan fingerprint density at radius 1 is 1.25 bits per heavy atom. The third kappa shape index (κ3) is 6.78. The minimum atomic E-state index is -0.181. The second-order valence-corrected chi connectivity index (χ2v) is 6.13. The molecule has 2 amide bonds. The molecule has 1 aromatic carbocycles. The van der Waals surface area contributed by atoms with Crippen molar-refractivity contribution in [2.24, 2.45) is 5.92 Å². The highest BCUT2D eigenvalue weighted by atomic mass is 35.5. The monoisotopic (exact) mass is 297 g/mol. The number of benzene rings is 1. The summed E-state index contributed by atoms with van der Waals surface area (Å²) >= 11 is 5.81. The Labute approximate surface area is 126 Å². The molecule has 1 atom stereocenters. The van der Waals surface area contributed by atoms with Crippen molar-refractivity contribution in [1.82, 2.24) is 10.2 Å². The standard InChI is InChI=1S/C15H24ClN3O/c1-11(2)9-14(10-19(3)4)18-15(20)17-13-7-5-12(16)6-8-13/h5-8,11,14H,9-10H2,1-4H3,(H2,17,18,20)/t14-/m0/s1. The van der Waals surface area contributed by atoms with Crippen molar-refractivity contribution in [3.63, 3.8) is 0 Å². The van der Waals surface area contributed by atoms with Gasteiger partial charge in [0.05, 0.1) is 0 Å². The second-order valence-electron chi connectivity index (χ2n) is 5.69. The molecule has 4 nitrogen and oxygen atoms in total. The molecule has 0 bridgehead atoms. The van der Waals surface area contributed by atoms with Crippen LogP contribution in [0.25, 0.3) is 0 Å². The number of rotatable bonds is 6. The number of halogens is 1. The molecule has 0 saturated carbocycles. The van der Waals surface area contributed by atoms with Gasteiger partial charge in [0.2, 0.25) is 0 Å². The van der Waals surface area contributed by atoms with Gasteiger partial charge in [-0.1, -0.05) is 25.4 Å². The molecule has 0 saturated heterocycles. The smallest absolute Gasteiger partial charge is 0.319 e. The van der Waals surface area contributed by atoms with Crippen LogP contribution in [0.1, 0.15) is 20.3 Å². The molecule has 0 unspecified atom stereocenters. The first-order chi connectivity index (χ1) is 9.36. The van der Waals surface area contributed by atoms with E-state index < -0.39 is 0 Å². The summed E-state index contributed by atoms with van der Waals surface area (Å²) in [6.07, 6.45) is 0.951. The van der Waals surface area contributed by atoms with Gasteiger partial charge in [-0.15, -0.1) is 0 Å². The topological polar surface area (TPSA) is 44.4 Å². The number of anilines is 1. The van der Waals surface area contributed by atoms with Gasteiger partial charge in [-0.05, 0) is 50.7 Å². The Morgan fingerprint density at radius 2 is 1.85 bits per heavy atom. The largest absolute Gasteiger partial charge is 0.334 e. The van der Waals surface area contributed by atoms with E-state index in [-0.39, 0.29) is 12.1 Å². The van der Waals surface area contributed by atoms with E-state index in [1.807, 2.05) is 14.1 Å². The van der Waals surface area contributed by atoms with Crippen molar-refractivity contribution in [2.75, 3.05) is 26.0 Å². The summed E-state index contributed by atoms with van der Waals surface area (Å²) in [5, 5.41) is 6.49. The first-order valence-electron chi connectivity index (χ1n) is 6.84. The molecule has 2 N–H and O–H groups in total. The molecule has 0 spiro atoms. The molecule has 20 heavy (non-hydrogen) atoms. The van der Waals surface area contributed by atoms with Gasteiger partial charge in [0, 0.05) is 23.3 Å². The predicted molar refractivity (Wildman–Crippen MR) is 85.4 cm³/mol. The number of urea groups is 1. The molecular formula is C15H24ClN3O. The van der Waals surface area contributed by atoms with Crippen LogP contribution in [0.15, 0.2) is 24.3 Å². The maximum Gasteiger partial charge on any atom is 0.319 e. The first-order valence-corrected chi connectivity index (χ1v) is 7.22. The van der Waals surface area contributed by atoms with Crippen molar-refractivity contribution in [1.29, 1.82) is 0 Å². The maximum atomic E-state index is 12.0. The molecule has 1 rings (SSSR count). The average molecular weight is 298 g/mol. The molecule has 0 aliphatic carbocycles. The number of carbonyl (C=O) groups excluding carboxylic acids is 1. The molecule has 0 radical (unpaired) electrons. The summed E-state index contributed by atoms with van der Waals surface area (Å²) in [6.45, 7) is 5.13. The van der Waals surface area contributed by atoms with E-state index in [1.165, 1.54) is 0 Å². The summed E-state index contributed by atoms with van der Waals surface area (Å²) in [6, 6.07) is 7.03. The van der Waals surface area contributed by atoms with Crippen molar-refractivity contribution >= 4 is 23.3 Å². The van der Waals surface area contributed by atoms with E-state index in [1.54, 1.807) is 24.3 Å². The van der Waals surface area contributed by atoms with Crippen molar-refractivity contribution in [3.8, 4) is 0 Å². The lowest BCUT2D eigenvalue weighted by atomic mass is 10.0. The number of hydrogen-bond acceptors (Lipinski definition) is 2. The summed E-state index contributed by atoms with van der Waals surface area (Å²) in [4.78, 5) is 14.1. The SMILES string of the molecule is CC(C)C[C@@H](CN(C)C)NC(=O)Nc1ccc(Cl)cc1. The normalized spacial score (nSPS) is 12.6. The zero-order valence-corrected chi connectivity index (χ0v) is 13.4. The maximum absolute atomic E-state index is 12.0. The fourth-order valence-corrected chi connectivity index (χ4v) is 2.20. The highest BCUT2D eigenvalue weighted by Crippen LogP contribution is 2.13. The fourth-order valence-electron chi connectivity index (χ4n) is 2.07. The van der Waals surface area contributed by atoms with Crippen LogP contribution in [0.4, 0.5) is 10.5 Å². The highest BCUT2D eigenvalue weighted by molar-refractivity contribution is 6.30. The second kappa shape index (κ2) is 8.12. The van der Waals surface area contributed by atoms with Crippen LogP contribution in [0.2, 0.25) is 5.02 Å². The Bertz CT molecular complexity index is 408. The van der Waals surface area contributed by atoms with Crippen LogP contribution in [0.3, 0.4) is 0 Å². The third-order valence-corrected chi connectivity index (χ3v) is 3.03. The van der Waals surface area contributed by atoms with E-state index in [0.29, 0.717) is 10.9 Å². The molecule has 112 valence electrons. The van der Waals surface area contributed by atoms with Crippen LogP contribution in [0, 0.1) is 5.92 Å². The molecule has 0 aromatic heterocycles.